The molecule has 140 valence electrons. The van der Waals surface area contributed by atoms with Gasteiger partial charge in [0.25, 0.3) is 5.91 Å². The predicted octanol–water partition coefficient (Wildman–Crippen LogP) is 3.17. The highest BCUT2D eigenvalue weighted by Crippen LogP contribution is 2.26. The van der Waals surface area contributed by atoms with Crippen molar-refractivity contribution in [2.75, 3.05) is 19.7 Å². The zero-order valence-electron chi connectivity index (χ0n) is 15.0. The van der Waals surface area contributed by atoms with Crippen LogP contribution in [0.5, 0.6) is 5.75 Å². The van der Waals surface area contributed by atoms with Crippen LogP contribution in [0.4, 0.5) is 0 Å². The van der Waals surface area contributed by atoms with Crippen molar-refractivity contribution in [1.82, 2.24) is 19.4 Å². The molecular formula is C20H22N4O2S. The van der Waals surface area contributed by atoms with E-state index in [0.29, 0.717) is 6.54 Å². The molecule has 1 atom stereocenters. The number of ether oxygens (including phenoxy) is 1. The summed E-state index contributed by atoms with van der Waals surface area (Å²) in [5.41, 5.74) is 2.89. The van der Waals surface area contributed by atoms with Gasteiger partial charge >= 0.3 is 0 Å². The lowest BCUT2D eigenvalue weighted by molar-refractivity contribution is -0.134. The molecule has 0 aliphatic carbocycles. The molecule has 0 spiro atoms. The maximum absolute atomic E-state index is 12.6. The molecule has 7 heteroatoms. The van der Waals surface area contributed by atoms with E-state index in [0.717, 1.165) is 43.2 Å². The molecule has 1 fully saturated rings. The molecule has 6 nitrogen and oxygen atoms in total. The highest BCUT2D eigenvalue weighted by Gasteiger charge is 2.27. The summed E-state index contributed by atoms with van der Waals surface area (Å²) < 4.78 is 7.77. The van der Waals surface area contributed by atoms with Gasteiger partial charge in [0.2, 0.25) is 0 Å². The van der Waals surface area contributed by atoms with Crippen molar-refractivity contribution in [3.05, 3.63) is 65.1 Å². The summed E-state index contributed by atoms with van der Waals surface area (Å²) in [7, 11) is 0. The molecule has 1 aliphatic heterocycles. The molecule has 2 aromatic heterocycles. The lowest BCUT2D eigenvalue weighted by atomic mass is 9.97. The number of thiazole rings is 1. The van der Waals surface area contributed by atoms with Gasteiger partial charge in [-0.15, -0.1) is 11.3 Å². The van der Waals surface area contributed by atoms with E-state index in [2.05, 4.69) is 19.9 Å². The number of piperidine rings is 1. The molecule has 3 aromatic rings. The number of amides is 1. The van der Waals surface area contributed by atoms with Crippen molar-refractivity contribution in [3.63, 3.8) is 0 Å². The number of nitrogens with zero attached hydrogens (tertiary/aromatic N) is 4. The fraction of sp³-hybridized carbons (Fsp3) is 0.350. The molecule has 0 saturated carbocycles. The van der Waals surface area contributed by atoms with Gasteiger partial charge in [-0.1, -0.05) is 18.2 Å². The number of carbonyl (C=O) groups excluding carboxylic acids is 1. The van der Waals surface area contributed by atoms with E-state index in [9.17, 15) is 4.79 Å². The van der Waals surface area contributed by atoms with Gasteiger partial charge in [0.1, 0.15) is 11.6 Å². The van der Waals surface area contributed by atoms with Crippen molar-refractivity contribution in [2.24, 2.45) is 0 Å². The SMILES string of the molecule is O=C(COc1ccccc1)N1CCCC(c2nccn2Cc2cscn2)C1. The summed E-state index contributed by atoms with van der Waals surface area (Å²) in [6.07, 6.45) is 5.84. The summed E-state index contributed by atoms with van der Waals surface area (Å²) in [5, 5.41) is 2.06. The summed E-state index contributed by atoms with van der Waals surface area (Å²) >= 11 is 1.60. The van der Waals surface area contributed by atoms with Crippen LogP contribution in [0.15, 0.2) is 53.6 Å². The smallest absolute Gasteiger partial charge is 0.260 e. The number of imidazole rings is 1. The van der Waals surface area contributed by atoms with E-state index in [1.54, 1.807) is 11.3 Å². The van der Waals surface area contributed by atoms with E-state index in [1.165, 1.54) is 0 Å². The first kappa shape index (κ1) is 17.7. The molecular weight excluding hydrogens is 360 g/mol. The topological polar surface area (TPSA) is 60.2 Å². The largest absolute Gasteiger partial charge is 0.484 e. The van der Waals surface area contributed by atoms with E-state index >= 15 is 0 Å². The highest BCUT2D eigenvalue weighted by atomic mass is 32.1. The van der Waals surface area contributed by atoms with E-state index < -0.39 is 0 Å². The average molecular weight is 382 g/mol. The van der Waals surface area contributed by atoms with Crippen molar-refractivity contribution < 1.29 is 9.53 Å². The van der Waals surface area contributed by atoms with Crippen molar-refractivity contribution in [3.8, 4) is 5.75 Å². The number of para-hydroxylation sites is 1. The molecule has 4 rings (SSSR count). The van der Waals surface area contributed by atoms with Crippen LogP contribution in [-0.4, -0.2) is 45.0 Å². The third-order valence-corrected chi connectivity index (χ3v) is 5.44. The van der Waals surface area contributed by atoms with E-state index in [4.69, 9.17) is 4.74 Å². The lowest BCUT2D eigenvalue weighted by Gasteiger charge is -2.32. The zero-order chi connectivity index (χ0) is 18.5. The second-order valence-corrected chi connectivity index (χ2v) is 7.39. The molecule has 27 heavy (non-hydrogen) atoms. The Labute approximate surface area is 162 Å². The van der Waals surface area contributed by atoms with Crippen molar-refractivity contribution in [2.45, 2.75) is 25.3 Å². The fourth-order valence-corrected chi connectivity index (χ4v) is 4.02. The molecule has 1 saturated heterocycles. The van der Waals surface area contributed by atoms with Gasteiger partial charge in [0, 0.05) is 36.8 Å². The Morgan fingerprint density at radius 2 is 2.15 bits per heavy atom. The average Bonchev–Trinajstić information content (AvgIpc) is 3.39. The van der Waals surface area contributed by atoms with Crippen molar-refractivity contribution >= 4 is 17.2 Å². The Morgan fingerprint density at radius 3 is 2.96 bits per heavy atom. The van der Waals surface area contributed by atoms with Crippen LogP contribution in [-0.2, 0) is 11.3 Å². The lowest BCUT2D eigenvalue weighted by Crippen LogP contribution is -2.42. The quantitative estimate of drug-likeness (QED) is 0.657. The molecule has 0 radical (unpaired) electrons. The first-order chi connectivity index (χ1) is 13.3. The normalized spacial score (nSPS) is 17.0. The Hall–Kier alpha value is -2.67. The summed E-state index contributed by atoms with van der Waals surface area (Å²) in [6.45, 7) is 2.26. The van der Waals surface area contributed by atoms with Gasteiger partial charge in [0.15, 0.2) is 6.61 Å². The Balaban J connectivity index is 1.38. The molecule has 0 bridgehead atoms. The summed E-state index contributed by atoms with van der Waals surface area (Å²) in [6, 6.07) is 9.46. The van der Waals surface area contributed by atoms with Crippen LogP contribution in [0, 0.1) is 0 Å². The number of carbonyl (C=O) groups is 1. The third-order valence-electron chi connectivity index (χ3n) is 4.81. The van der Waals surface area contributed by atoms with Gasteiger partial charge in [-0.25, -0.2) is 9.97 Å². The van der Waals surface area contributed by atoms with Crippen LogP contribution in [0.25, 0.3) is 0 Å². The second-order valence-electron chi connectivity index (χ2n) is 6.67. The van der Waals surface area contributed by atoms with Crippen LogP contribution >= 0.6 is 11.3 Å². The van der Waals surface area contributed by atoms with E-state index in [1.807, 2.05) is 53.1 Å². The van der Waals surface area contributed by atoms with Crippen LogP contribution < -0.4 is 4.74 Å². The Morgan fingerprint density at radius 1 is 1.26 bits per heavy atom. The number of hydrogen-bond donors (Lipinski definition) is 0. The molecule has 1 amide bonds. The molecule has 3 heterocycles. The summed E-state index contributed by atoms with van der Waals surface area (Å²) in [5.74, 6) is 2.02. The monoisotopic (exact) mass is 382 g/mol. The molecule has 1 aliphatic rings. The maximum Gasteiger partial charge on any atom is 0.260 e. The number of rotatable bonds is 6. The van der Waals surface area contributed by atoms with Crippen molar-refractivity contribution in [1.29, 1.82) is 0 Å². The minimum absolute atomic E-state index is 0.0289. The standard InChI is InChI=1S/C20H22N4O2S/c25-19(13-26-18-6-2-1-3-7-18)23-9-4-5-16(11-23)20-21-8-10-24(20)12-17-14-27-15-22-17/h1-3,6-8,10,14-16H,4-5,9,11-13H2. The van der Waals surface area contributed by atoms with Gasteiger partial charge in [-0.3, -0.25) is 4.79 Å². The highest BCUT2D eigenvalue weighted by molar-refractivity contribution is 7.07. The Bertz CT molecular complexity index is 863. The Kier molecular flexibility index (Phi) is 5.48. The van der Waals surface area contributed by atoms with Crippen LogP contribution in [0.1, 0.15) is 30.3 Å². The van der Waals surface area contributed by atoms with Gasteiger partial charge in [-0.2, -0.15) is 0 Å². The number of aromatic nitrogens is 3. The molecule has 0 N–H and O–H groups in total. The van der Waals surface area contributed by atoms with Gasteiger partial charge in [-0.05, 0) is 25.0 Å². The number of likely N-dealkylation sites (tertiary alicyclic amines) is 1. The molecule has 1 aromatic carbocycles. The van der Waals surface area contributed by atoms with Gasteiger partial charge < -0.3 is 14.2 Å². The third kappa shape index (κ3) is 4.36. The first-order valence-corrected chi connectivity index (χ1v) is 10.1. The second kappa shape index (κ2) is 8.35. The fourth-order valence-electron chi connectivity index (χ4n) is 3.47. The molecule has 1 unspecified atom stereocenters. The number of benzene rings is 1. The first-order valence-electron chi connectivity index (χ1n) is 9.13. The van der Waals surface area contributed by atoms with Crippen LogP contribution in [0.3, 0.4) is 0 Å². The van der Waals surface area contributed by atoms with E-state index in [-0.39, 0.29) is 18.4 Å². The minimum Gasteiger partial charge on any atom is -0.484 e. The predicted molar refractivity (Wildman–Crippen MR) is 104 cm³/mol. The summed E-state index contributed by atoms with van der Waals surface area (Å²) in [4.78, 5) is 23.4. The van der Waals surface area contributed by atoms with Gasteiger partial charge in [0.05, 0.1) is 17.7 Å². The zero-order valence-corrected chi connectivity index (χ0v) is 15.8. The van der Waals surface area contributed by atoms with Crippen LogP contribution in [0.2, 0.25) is 0 Å². The number of hydrogen-bond acceptors (Lipinski definition) is 5. The minimum atomic E-state index is 0.0289. The maximum atomic E-state index is 12.6.